The number of thiazole rings is 1. The number of rotatable bonds is 4. The number of aryl methyl sites for hydroxylation is 1. The van der Waals surface area contributed by atoms with Crippen LogP contribution in [-0.4, -0.2) is 36.1 Å². The van der Waals surface area contributed by atoms with Gasteiger partial charge in [-0.05, 0) is 63.1 Å². The zero-order chi connectivity index (χ0) is 14.8. The Labute approximate surface area is 141 Å². The maximum absolute atomic E-state index is 11.7. The lowest BCUT2D eigenvalue weighted by atomic mass is 9.96. The summed E-state index contributed by atoms with van der Waals surface area (Å²) in [6, 6.07) is 6.42. The van der Waals surface area contributed by atoms with E-state index in [9.17, 15) is 4.79 Å². The maximum atomic E-state index is 11.7. The van der Waals surface area contributed by atoms with Gasteiger partial charge in [0.1, 0.15) is 0 Å². The molecular weight excluding hydrogens is 318 g/mol. The summed E-state index contributed by atoms with van der Waals surface area (Å²) < 4.78 is 2.83. The molecule has 122 valence electrons. The standard InChI is InChI=1S/C16H23N3OS.ClH/c1-17-10-12-5-7-19(8-6-12)11-13-3-4-14-15(9-13)21-16(20)18(14)2;/h3-4,9,12,17H,5-8,10-11H2,1-2H3;1H. The molecule has 1 aromatic heterocycles. The third-order valence-corrected chi connectivity index (χ3v) is 5.46. The summed E-state index contributed by atoms with van der Waals surface area (Å²) >= 11 is 1.34. The van der Waals surface area contributed by atoms with Crippen molar-refractivity contribution in [1.82, 2.24) is 14.8 Å². The molecule has 6 heteroatoms. The molecular formula is C16H24ClN3OS. The van der Waals surface area contributed by atoms with E-state index in [1.807, 2.05) is 14.1 Å². The quantitative estimate of drug-likeness (QED) is 0.928. The fourth-order valence-corrected chi connectivity index (χ4v) is 4.12. The van der Waals surface area contributed by atoms with Gasteiger partial charge < -0.3 is 9.88 Å². The third kappa shape index (κ3) is 3.71. The van der Waals surface area contributed by atoms with Gasteiger partial charge in [-0.15, -0.1) is 12.4 Å². The second kappa shape index (κ2) is 7.59. The highest BCUT2D eigenvalue weighted by molar-refractivity contribution is 7.16. The molecule has 1 aliphatic heterocycles. The van der Waals surface area contributed by atoms with Crippen LogP contribution in [0.5, 0.6) is 0 Å². The van der Waals surface area contributed by atoms with Crippen molar-refractivity contribution in [2.75, 3.05) is 26.7 Å². The van der Waals surface area contributed by atoms with Crippen molar-refractivity contribution in [3.63, 3.8) is 0 Å². The van der Waals surface area contributed by atoms with Gasteiger partial charge in [-0.2, -0.15) is 0 Å². The van der Waals surface area contributed by atoms with E-state index >= 15 is 0 Å². The van der Waals surface area contributed by atoms with Crippen LogP contribution in [0.2, 0.25) is 0 Å². The minimum Gasteiger partial charge on any atom is -0.319 e. The topological polar surface area (TPSA) is 37.3 Å². The molecule has 1 aromatic carbocycles. The van der Waals surface area contributed by atoms with Crippen LogP contribution < -0.4 is 10.2 Å². The number of benzene rings is 1. The minimum absolute atomic E-state index is 0. The van der Waals surface area contributed by atoms with Crippen LogP contribution in [0.1, 0.15) is 18.4 Å². The summed E-state index contributed by atoms with van der Waals surface area (Å²) in [5.74, 6) is 0.827. The van der Waals surface area contributed by atoms with Crippen LogP contribution in [0.4, 0.5) is 0 Å². The van der Waals surface area contributed by atoms with Crippen molar-refractivity contribution in [3.8, 4) is 0 Å². The molecule has 1 aliphatic rings. The van der Waals surface area contributed by atoms with E-state index < -0.39 is 0 Å². The molecule has 2 aromatic rings. The number of piperidine rings is 1. The first-order valence-electron chi connectivity index (χ1n) is 7.63. The molecule has 2 heterocycles. The maximum Gasteiger partial charge on any atom is 0.307 e. The van der Waals surface area contributed by atoms with Crippen LogP contribution in [0.3, 0.4) is 0 Å². The van der Waals surface area contributed by atoms with Crippen LogP contribution >= 0.6 is 23.7 Å². The fourth-order valence-electron chi connectivity index (χ4n) is 3.17. The molecule has 0 amide bonds. The number of halogens is 1. The van der Waals surface area contributed by atoms with Gasteiger partial charge in [0.15, 0.2) is 0 Å². The van der Waals surface area contributed by atoms with Crippen LogP contribution in [0.15, 0.2) is 23.0 Å². The van der Waals surface area contributed by atoms with Crippen LogP contribution in [0, 0.1) is 5.92 Å². The summed E-state index contributed by atoms with van der Waals surface area (Å²) in [6.07, 6.45) is 2.56. The molecule has 0 atom stereocenters. The number of hydrogen-bond acceptors (Lipinski definition) is 4. The highest BCUT2D eigenvalue weighted by atomic mass is 35.5. The number of likely N-dealkylation sites (tertiary alicyclic amines) is 1. The Kier molecular flexibility index (Phi) is 6.03. The Hall–Kier alpha value is -0.880. The van der Waals surface area contributed by atoms with E-state index in [4.69, 9.17) is 0 Å². The Morgan fingerprint density at radius 1 is 1.32 bits per heavy atom. The van der Waals surface area contributed by atoms with E-state index in [-0.39, 0.29) is 17.3 Å². The average Bonchev–Trinajstić information content (AvgIpc) is 2.76. The van der Waals surface area contributed by atoms with Gasteiger partial charge in [0, 0.05) is 13.6 Å². The highest BCUT2D eigenvalue weighted by Gasteiger charge is 2.18. The van der Waals surface area contributed by atoms with Crippen molar-refractivity contribution in [1.29, 1.82) is 0 Å². The lowest BCUT2D eigenvalue weighted by Crippen LogP contribution is -2.36. The first-order chi connectivity index (χ1) is 10.2. The van der Waals surface area contributed by atoms with E-state index in [0.717, 1.165) is 29.2 Å². The predicted octanol–water partition coefficient (Wildman–Crippen LogP) is 2.45. The minimum atomic E-state index is 0. The van der Waals surface area contributed by atoms with E-state index in [1.54, 1.807) is 4.57 Å². The first kappa shape index (κ1) is 17.5. The zero-order valence-electron chi connectivity index (χ0n) is 13.2. The Balaban J connectivity index is 0.00000176. The summed E-state index contributed by atoms with van der Waals surface area (Å²) in [6.45, 7) is 4.49. The summed E-state index contributed by atoms with van der Waals surface area (Å²) in [5, 5.41) is 3.28. The van der Waals surface area contributed by atoms with Crippen molar-refractivity contribution >= 4 is 34.0 Å². The lowest BCUT2D eigenvalue weighted by Gasteiger charge is -2.31. The number of aromatic nitrogens is 1. The summed E-state index contributed by atoms with van der Waals surface area (Å²) in [4.78, 5) is 14.3. The second-order valence-corrected chi connectivity index (χ2v) is 7.00. The largest absolute Gasteiger partial charge is 0.319 e. The Morgan fingerprint density at radius 3 is 2.73 bits per heavy atom. The monoisotopic (exact) mass is 341 g/mol. The van der Waals surface area contributed by atoms with Gasteiger partial charge in [0.25, 0.3) is 0 Å². The molecule has 1 fully saturated rings. The number of nitrogens with one attached hydrogen (secondary N) is 1. The normalized spacial score (nSPS) is 16.8. The average molecular weight is 342 g/mol. The summed E-state index contributed by atoms with van der Waals surface area (Å²) in [7, 11) is 3.88. The van der Waals surface area contributed by atoms with Gasteiger partial charge in [0.2, 0.25) is 0 Å². The second-order valence-electron chi connectivity index (χ2n) is 6.01. The van der Waals surface area contributed by atoms with Crippen LogP contribution in [-0.2, 0) is 13.6 Å². The van der Waals surface area contributed by atoms with Crippen molar-refractivity contribution in [2.24, 2.45) is 13.0 Å². The lowest BCUT2D eigenvalue weighted by molar-refractivity contribution is 0.177. The Bertz CT molecular complexity index is 674. The molecule has 0 unspecified atom stereocenters. The van der Waals surface area contributed by atoms with Gasteiger partial charge in [-0.1, -0.05) is 17.4 Å². The number of fused-ring (bicyclic) bond motifs is 1. The van der Waals surface area contributed by atoms with Crippen LogP contribution in [0.25, 0.3) is 10.2 Å². The molecule has 0 spiro atoms. The predicted molar refractivity (Wildman–Crippen MR) is 96.2 cm³/mol. The summed E-state index contributed by atoms with van der Waals surface area (Å²) in [5.41, 5.74) is 2.36. The van der Waals surface area contributed by atoms with Crippen molar-refractivity contribution < 1.29 is 0 Å². The molecule has 1 N–H and O–H groups in total. The zero-order valence-corrected chi connectivity index (χ0v) is 14.8. The molecule has 0 aliphatic carbocycles. The van der Waals surface area contributed by atoms with Gasteiger partial charge in [0.05, 0.1) is 10.2 Å². The molecule has 0 saturated carbocycles. The van der Waals surface area contributed by atoms with E-state index in [1.165, 1.54) is 42.8 Å². The van der Waals surface area contributed by atoms with Gasteiger partial charge in [-0.25, -0.2) is 0 Å². The molecule has 0 radical (unpaired) electrons. The van der Waals surface area contributed by atoms with Crippen molar-refractivity contribution in [3.05, 3.63) is 33.4 Å². The number of hydrogen-bond donors (Lipinski definition) is 1. The first-order valence-corrected chi connectivity index (χ1v) is 8.44. The van der Waals surface area contributed by atoms with Crippen molar-refractivity contribution in [2.45, 2.75) is 19.4 Å². The van der Waals surface area contributed by atoms with Gasteiger partial charge in [-0.3, -0.25) is 9.69 Å². The molecule has 22 heavy (non-hydrogen) atoms. The number of nitrogens with zero attached hydrogens (tertiary/aromatic N) is 2. The molecule has 4 nitrogen and oxygen atoms in total. The molecule has 3 rings (SSSR count). The van der Waals surface area contributed by atoms with Gasteiger partial charge >= 0.3 is 4.87 Å². The molecule has 0 bridgehead atoms. The van der Waals surface area contributed by atoms with E-state index in [0.29, 0.717) is 0 Å². The third-order valence-electron chi connectivity index (χ3n) is 4.46. The fraction of sp³-hybridized carbons (Fsp3) is 0.562. The SMILES string of the molecule is CNCC1CCN(Cc2ccc3c(c2)sc(=O)n3C)CC1.Cl. The highest BCUT2D eigenvalue weighted by Crippen LogP contribution is 2.22. The smallest absolute Gasteiger partial charge is 0.307 e. The Morgan fingerprint density at radius 2 is 2.05 bits per heavy atom. The molecule has 1 saturated heterocycles. The van der Waals surface area contributed by atoms with E-state index in [2.05, 4.69) is 28.4 Å².